The van der Waals surface area contributed by atoms with Gasteiger partial charge in [0.25, 0.3) is 0 Å². The van der Waals surface area contributed by atoms with Gasteiger partial charge in [0.2, 0.25) is 5.91 Å². The summed E-state index contributed by atoms with van der Waals surface area (Å²) in [6, 6.07) is 4.37. The zero-order valence-corrected chi connectivity index (χ0v) is 15.7. The average molecular weight is 407 g/mol. The highest BCUT2D eigenvalue weighted by atomic mass is 19.3. The number of aliphatic hydroxyl groups is 1. The second kappa shape index (κ2) is 9.56. The van der Waals surface area contributed by atoms with Crippen LogP contribution >= 0.6 is 0 Å². The summed E-state index contributed by atoms with van der Waals surface area (Å²) in [7, 11) is 0. The standard InChI is InChI=1S/C19H25F4NO4/c1-19(2)8-12(9-19)15(25)7-16(26)24-14(10-27-17(20)21)11-4-3-5-13(6-11)28-18(22)23/h3-6,12,14-15,17-18,25H,7-10H2,1-2H3,(H,24,26)/t14-,15+/m0/s1. The third kappa shape index (κ3) is 6.94. The van der Waals surface area contributed by atoms with Crippen molar-refractivity contribution in [2.24, 2.45) is 11.3 Å². The first-order valence-electron chi connectivity index (χ1n) is 8.98. The molecule has 1 aromatic rings. The van der Waals surface area contributed by atoms with E-state index in [1.807, 2.05) is 0 Å². The first-order valence-corrected chi connectivity index (χ1v) is 8.98. The molecule has 2 rings (SSSR count). The number of aliphatic hydroxyl groups excluding tert-OH is 1. The Bertz CT molecular complexity index is 649. The Morgan fingerprint density at radius 2 is 1.93 bits per heavy atom. The van der Waals surface area contributed by atoms with Crippen molar-refractivity contribution >= 4 is 5.91 Å². The number of nitrogens with one attached hydrogen (secondary N) is 1. The van der Waals surface area contributed by atoms with Gasteiger partial charge in [0.05, 0.1) is 25.2 Å². The Labute approximate surface area is 161 Å². The SMILES string of the molecule is CC1(C)CC([C@H](O)CC(=O)N[C@@H](COC(F)F)c2cccc(OC(F)F)c2)C1. The van der Waals surface area contributed by atoms with E-state index in [9.17, 15) is 27.5 Å². The van der Waals surface area contributed by atoms with E-state index in [1.165, 1.54) is 24.3 Å². The Morgan fingerprint density at radius 1 is 1.25 bits per heavy atom. The van der Waals surface area contributed by atoms with Crippen LogP contribution in [0.4, 0.5) is 17.6 Å². The highest BCUT2D eigenvalue weighted by molar-refractivity contribution is 5.77. The summed E-state index contributed by atoms with van der Waals surface area (Å²) >= 11 is 0. The molecule has 158 valence electrons. The molecule has 1 aliphatic carbocycles. The molecule has 1 aromatic carbocycles. The minimum Gasteiger partial charge on any atom is -0.435 e. The quantitative estimate of drug-likeness (QED) is 0.578. The molecule has 0 spiro atoms. The van der Waals surface area contributed by atoms with Crippen molar-refractivity contribution in [3.8, 4) is 5.75 Å². The van der Waals surface area contributed by atoms with Gasteiger partial charge in [-0.1, -0.05) is 26.0 Å². The van der Waals surface area contributed by atoms with Crippen molar-refractivity contribution in [3.05, 3.63) is 29.8 Å². The summed E-state index contributed by atoms with van der Waals surface area (Å²) in [6.45, 7) is -2.51. The Kier molecular flexibility index (Phi) is 7.65. The van der Waals surface area contributed by atoms with Gasteiger partial charge in [0, 0.05) is 0 Å². The largest absolute Gasteiger partial charge is 0.435 e. The molecule has 0 aromatic heterocycles. The number of amides is 1. The molecule has 0 aliphatic heterocycles. The van der Waals surface area contributed by atoms with Crippen molar-refractivity contribution in [1.29, 1.82) is 0 Å². The van der Waals surface area contributed by atoms with Crippen molar-refractivity contribution in [3.63, 3.8) is 0 Å². The van der Waals surface area contributed by atoms with Gasteiger partial charge in [-0.2, -0.15) is 17.6 Å². The lowest BCUT2D eigenvalue weighted by Gasteiger charge is -2.44. The molecule has 1 aliphatic rings. The van der Waals surface area contributed by atoms with Crippen molar-refractivity contribution in [2.75, 3.05) is 6.61 Å². The van der Waals surface area contributed by atoms with Crippen LogP contribution < -0.4 is 10.1 Å². The topological polar surface area (TPSA) is 67.8 Å². The smallest absolute Gasteiger partial charge is 0.387 e. The molecule has 9 heteroatoms. The fourth-order valence-corrected chi connectivity index (χ4v) is 3.54. The maximum Gasteiger partial charge on any atom is 0.387 e. The molecule has 1 amide bonds. The second-order valence-electron chi connectivity index (χ2n) is 7.77. The van der Waals surface area contributed by atoms with E-state index >= 15 is 0 Å². The summed E-state index contributed by atoms with van der Waals surface area (Å²) in [6.07, 6.45) is 0.580. The number of alkyl halides is 4. The van der Waals surface area contributed by atoms with Crippen LogP contribution in [0.3, 0.4) is 0 Å². The van der Waals surface area contributed by atoms with E-state index in [2.05, 4.69) is 28.6 Å². The third-order valence-corrected chi connectivity index (χ3v) is 4.78. The molecule has 0 radical (unpaired) electrons. The molecule has 1 fully saturated rings. The molecule has 5 nitrogen and oxygen atoms in total. The molecule has 0 heterocycles. The van der Waals surface area contributed by atoms with Crippen LogP contribution in [0.25, 0.3) is 0 Å². The summed E-state index contributed by atoms with van der Waals surface area (Å²) in [5.41, 5.74) is 0.410. The summed E-state index contributed by atoms with van der Waals surface area (Å²) < 4.78 is 58.2. The van der Waals surface area contributed by atoms with Gasteiger partial charge in [-0.25, -0.2) is 0 Å². The first kappa shape index (κ1) is 22.4. The van der Waals surface area contributed by atoms with Gasteiger partial charge in [0.1, 0.15) is 5.75 Å². The fraction of sp³-hybridized carbons (Fsp3) is 0.632. The molecule has 28 heavy (non-hydrogen) atoms. The van der Waals surface area contributed by atoms with Gasteiger partial charge in [-0.15, -0.1) is 0 Å². The molecule has 1 saturated carbocycles. The van der Waals surface area contributed by atoms with Crippen LogP contribution in [0, 0.1) is 11.3 Å². The van der Waals surface area contributed by atoms with Gasteiger partial charge in [-0.05, 0) is 41.9 Å². The van der Waals surface area contributed by atoms with Gasteiger partial charge in [0.15, 0.2) is 0 Å². The predicted octanol–water partition coefficient (Wildman–Crippen LogP) is 3.87. The number of carbonyl (C=O) groups excluding carboxylic acids is 1. The fourth-order valence-electron chi connectivity index (χ4n) is 3.54. The molecule has 2 N–H and O–H groups in total. The van der Waals surface area contributed by atoms with E-state index in [1.54, 1.807) is 0 Å². The lowest BCUT2D eigenvalue weighted by molar-refractivity contribution is -0.140. The summed E-state index contributed by atoms with van der Waals surface area (Å²) in [5, 5.41) is 12.7. The molecule has 0 saturated heterocycles. The van der Waals surface area contributed by atoms with Gasteiger partial charge >= 0.3 is 13.2 Å². The number of ether oxygens (including phenoxy) is 2. The maximum atomic E-state index is 12.4. The van der Waals surface area contributed by atoms with Crippen LogP contribution in [0.15, 0.2) is 24.3 Å². The minimum absolute atomic E-state index is 0.0132. The highest BCUT2D eigenvalue weighted by Gasteiger charge is 2.40. The summed E-state index contributed by atoms with van der Waals surface area (Å²) in [5.74, 6) is -0.694. The minimum atomic E-state index is -3.05. The molecule has 2 atom stereocenters. The summed E-state index contributed by atoms with van der Waals surface area (Å²) in [4.78, 5) is 12.3. The van der Waals surface area contributed by atoms with E-state index in [-0.39, 0.29) is 29.1 Å². The Morgan fingerprint density at radius 3 is 2.50 bits per heavy atom. The molecular formula is C19H25F4NO4. The van der Waals surface area contributed by atoms with Crippen molar-refractivity contribution in [1.82, 2.24) is 5.32 Å². The number of hydrogen-bond donors (Lipinski definition) is 2. The number of halogens is 4. The number of carbonyl (C=O) groups is 1. The predicted molar refractivity (Wildman–Crippen MR) is 93.0 cm³/mol. The van der Waals surface area contributed by atoms with Gasteiger partial charge in [-0.3, -0.25) is 4.79 Å². The van der Waals surface area contributed by atoms with Crippen LogP contribution in [-0.2, 0) is 9.53 Å². The van der Waals surface area contributed by atoms with E-state index in [0.717, 1.165) is 12.8 Å². The maximum absolute atomic E-state index is 12.4. The van der Waals surface area contributed by atoms with E-state index < -0.39 is 37.9 Å². The zero-order valence-electron chi connectivity index (χ0n) is 15.7. The number of rotatable bonds is 10. The molecule has 0 unspecified atom stereocenters. The highest BCUT2D eigenvalue weighted by Crippen LogP contribution is 2.46. The second-order valence-corrected chi connectivity index (χ2v) is 7.77. The van der Waals surface area contributed by atoms with E-state index in [4.69, 9.17) is 0 Å². The lowest BCUT2D eigenvalue weighted by atomic mass is 9.62. The van der Waals surface area contributed by atoms with Crippen LogP contribution in [0.2, 0.25) is 0 Å². The average Bonchev–Trinajstić information content (AvgIpc) is 2.55. The van der Waals surface area contributed by atoms with Gasteiger partial charge < -0.3 is 19.9 Å². The normalized spacial score (nSPS) is 18.6. The Hall–Kier alpha value is -1.87. The Balaban J connectivity index is 2.01. The van der Waals surface area contributed by atoms with Crippen molar-refractivity contribution in [2.45, 2.75) is 58.5 Å². The molecule has 0 bridgehead atoms. The zero-order chi connectivity index (χ0) is 20.9. The van der Waals surface area contributed by atoms with Crippen LogP contribution in [0.1, 0.15) is 44.7 Å². The molecular weight excluding hydrogens is 382 g/mol. The van der Waals surface area contributed by atoms with Crippen LogP contribution in [0.5, 0.6) is 5.75 Å². The van der Waals surface area contributed by atoms with Crippen molar-refractivity contribution < 1.29 is 36.9 Å². The van der Waals surface area contributed by atoms with E-state index in [0.29, 0.717) is 0 Å². The monoisotopic (exact) mass is 407 g/mol. The third-order valence-electron chi connectivity index (χ3n) is 4.78. The van der Waals surface area contributed by atoms with Crippen LogP contribution in [-0.4, -0.2) is 36.9 Å². The number of hydrogen-bond acceptors (Lipinski definition) is 4. The lowest BCUT2D eigenvalue weighted by Crippen LogP contribution is -2.42. The first-order chi connectivity index (χ1) is 13.1. The number of benzene rings is 1.